The van der Waals surface area contributed by atoms with Gasteiger partial charge in [0.1, 0.15) is 6.33 Å². The zero-order valence-corrected chi connectivity index (χ0v) is 8.80. The number of hydrogen-bond donors (Lipinski definition) is 1. The number of amides is 1. The maximum absolute atomic E-state index is 12.0. The van der Waals surface area contributed by atoms with Crippen molar-refractivity contribution in [2.75, 3.05) is 5.32 Å². The summed E-state index contributed by atoms with van der Waals surface area (Å²) in [6.45, 7) is 1.78. The van der Waals surface area contributed by atoms with E-state index in [1.165, 1.54) is 6.20 Å². The van der Waals surface area contributed by atoms with Crippen molar-refractivity contribution in [3.63, 3.8) is 0 Å². The highest BCUT2D eigenvalue weighted by molar-refractivity contribution is 5.95. The molecular weight excluding hydrogens is 235 g/mol. The van der Waals surface area contributed by atoms with Crippen LogP contribution in [0, 0.1) is 11.8 Å². The average molecular weight is 243 g/mol. The van der Waals surface area contributed by atoms with E-state index < -0.39 is 12.1 Å². The predicted octanol–water partition coefficient (Wildman–Crippen LogP) is 1.74. The second kappa shape index (κ2) is 5.30. The minimum Gasteiger partial charge on any atom is -0.302 e. The first kappa shape index (κ1) is 13.0. The number of rotatable bonds is 1. The van der Waals surface area contributed by atoms with Crippen molar-refractivity contribution in [2.24, 2.45) is 0 Å². The molecule has 0 fully saturated rings. The van der Waals surface area contributed by atoms with Gasteiger partial charge in [0.25, 0.3) is 0 Å². The molecule has 4 nitrogen and oxygen atoms in total. The third-order valence-corrected chi connectivity index (χ3v) is 1.60. The van der Waals surface area contributed by atoms with E-state index in [1.807, 2.05) is 0 Å². The highest BCUT2D eigenvalue weighted by Crippen LogP contribution is 2.18. The lowest BCUT2D eigenvalue weighted by molar-refractivity contribution is -0.167. The normalized spacial score (nSPS) is 10.4. The molecule has 0 bridgehead atoms. The molecule has 17 heavy (non-hydrogen) atoms. The van der Waals surface area contributed by atoms with Crippen molar-refractivity contribution in [1.29, 1.82) is 0 Å². The van der Waals surface area contributed by atoms with E-state index >= 15 is 0 Å². The van der Waals surface area contributed by atoms with Crippen molar-refractivity contribution in [1.82, 2.24) is 9.97 Å². The summed E-state index contributed by atoms with van der Waals surface area (Å²) in [6.07, 6.45) is -2.16. The number of alkyl halides is 3. The lowest BCUT2D eigenvalue weighted by Crippen LogP contribution is -2.30. The Morgan fingerprint density at radius 1 is 1.53 bits per heavy atom. The summed E-state index contributed by atoms with van der Waals surface area (Å²) in [5.74, 6) is 2.88. The Bertz CT molecular complexity index is 474. The van der Waals surface area contributed by atoms with Crippen LogP contribution >= 0.6 is 0 Å². The smallest absolute Gasteiger partial charge is 0.302 e. The molecule has 0 saturated heterocycles. The van der Waals surface area contributed by atoms with E-state index in [1.54, 1.807) is 12.2 Å². The van der Waals surface area contributed by atoms with Gasteiger partial charge < -0.3 is 5.32 Å². The van der Waals surface area contributed by atoms with Gasteiger partial charge in [0.05, 0.1) is 5.56 Å². The first-order valence-electron chi connectivity index (χ1n) is 4.62. The van der Waals surface area contributed by atoms with E-state index in [-0.39, 0.29) is 11.4 Å². The highest BCUT2D eigenvalue weighted by Gasteiger charge is 2.39. The Morgan fingerprint density at radius 3 is 2.82 bits per heavy atom. The number of nitrogens with one attached hydrogen (secondary N) is 1. The lowest BCUT2D eigenvalue weighted by atomic mass is 10.3. The largest absolute Gasteiger partial charge is 0.471 e. The SMILES string of the molecule is CCC#Cc1cncnc1NC(=O)C(F)(F)F. The molecule has 0 aromatic carbocycles. The molecular formula is C10H8F3N3O. The van der Waals surface area contributed by atoms with E-state index in [4.69, 9.17) is 0 Å². The third-order valence-electron chi connectivity index (χ3n) is 1.60. The molecule has 1 amide bonds. The first-order valence-corrected chi connectivity index (χ1v) is 4.62. The molecule has 0 aliphatic heterocycles. The summed E-state index contributed by atoms with van der Waals surface area (Å²) in [6, 6.07) is 0. The van der Waals surface area contributed by atoms with Crippen molar-refractivity contribution in [3.05, 3.63) is 18.1 Å². The lowest BCUT2D eigenvalue weighted by Gasteiger charge is -2.07. The number of hydrogen-bond acceptors (Lipinski definition) is 3. The van der Waals surface area contributed by atoms with Crippen molar-refractivity contribution in [2.45, 2.75) is 19.5 Å². The molecule has 1 heterocycles. The maximum Gasteiger partial charge on any atom is 0.471 e. The zero-order chi connectivity index (χ0) is 12.9. The van der Waals surface area contributed by atoms with Crippen LogP contribution in [0.15, 0.2) is 12.5 Å². The molecule has 1 aromatic heterocycles. The molecule has 0 saturated carbocycles. The Kier molecular flexibility index (Phi) is 4.04. The molecule has 0 aliphatic rings. The van der Waals surface area contributed by atoms with Crippen LogP contribution in [0.5, 0.6) is 0 Å². The van der Waals surface area contributed by atoms with Crippen LogP contribution in [-0.4, -0.2) is 22.1 Å². The van der Waals surface area contributed by atoms with E-state index in [9.17, 15) is 18.0 Å². The van der Waals surface area contributed by atoms with Gasteiger partial charge in [-0.1, -0.05) is 18.8 Å². The fourth-order valence-electron chi connectivity index (χ4n) is 0.883. The van der Waals surface area contributed by atoms with Gasteiger partial charge in [-0.2, -0.15) is 13.2 Å². The van der Waals surface area contributed by atoms with Crippen molar-refractivity contribution in [3.8, 4) is 11.8 Å². The van der Waals surface area contributed by atoms with Gasteiger partial charge in [-0.3, -0.25) is 4.79 Å². The molecule has 90 valence electrons. The Hall–Kier alpha value is -2.10. The van der Waals surface area contributed by atoms with E-state index in [0.717, 1.165) is 6.33 Å². The van der Waals surface area contributed by atoms with Crippen molar-refractivity contribution >= 4 is 11.7 Å². The minimum atomic E-state index is -4.96. The molecule has 0 atom stereocenters. The summed E-state index contributed by atoms with van der Waals surface area (Å²) in [5.41, 5.74) is 0.145. The van der Waals surface area contributed by atoms with E-state index in [0.29, 0.717) is 6.42 Å². The van der Waals surface area contributed by atoms with Gasteiger partial charge >= 0.3 is 12.1 Å². The van der Waals surface area contributed by atoms with Crippen molar-refractivity contribution < 1.29 is 18.0 Å². The van der Waals surface area contributed by atoms with Crippen LogP contribution in [-0.2, 0) is 4.79 Å². The molecule has 0 radical (unpaired) electrons. The number of carbonyl (C=O) groups is 1. The minimum absolute atomic E-state index is 0.145. The van der Waals surface area contributed by atoms with Crippen LogP contribution in [0.25, 0.3) is 0 Å². The van der Waals surface area contributed by atoms with Crippen LogP contribution in [0.2, 0.25) is 0 Å². The summed E-state index contributed by atoms with van der Waals surface area (Å²) in [5, 5.41) is 1.64. The van der Waals surface area contributed by atoms with Gasteiger partial charge in [0.2, 0.25) is 0 Å². The Labute approximate surface area is 95.3 Å². The highest BCUT2D eigenvalue weighted by atomic mass is 19.4. The number of aromatic nitrogens is 2. The summed E-state index contributed by atoms with van der Waals surface area (Å²) >= 11 is 0. The molecule has 1 rings (SSSR count). The number of halogens is 3. The molecule has 0 aliphatic carbocycles. The predicted molar refractivity (Wildman–Crippen MR) is 53.9 cm³/mol. The van der Waals surface area contributed by atoms with Gasteiger partial charge in [0, 0.05) is 12.6 Å². The standard InChI is InChI=1S/C10H8F3N3O/c1-2-3-4-7-5-14-6-15-8(7)16-9(17)10(11,12)13/h5-6H,2H2,1H3,(H,14,15,16,17). The van der Waals surface area contributed by atoms with Gasteiger partial charge in [-0.25, -0.2) is 9.97 Å². The molecule has 0 unspecified atom stereocenters. The second-order valence-electron chi connectivity index (χ2n) is 2.89. The topological polar surface area (TPSA) is 54.9 Å². The Morgan fingerprint density at radius 2 is 2.24 bits per heavy atom. The Balaban J connectivity index is 2.95. The van der Waals surface area contributed by atoms with Crippen LogP contribution in [0.1, 0.15) is 18.9 Å². The van der Waals surface area contributed by atoms with Crippen LogP contribution in [0.3, 0.4) is 0 Å². The monoisotopic (exact) mass is 243 g/mol. The van der Waals surface area contributed by atoms with Gasteiger partial charge in [0.15, 0.2) is 5.82 Å². The first-order chi connectivity index (χ1) is 7.95. The quantitative estimate of drug-likeness (QED) is 0.764. The fourth-order valence-corrected chi connectivity index (χ4v) is 0.883. The molecule has 7 heteroatoms. The summed E-state index contributed by atoms with van der Waals surface area (Å²) in [4.78, 5) is 17.9. The third kappa shape index (κ3) is 3.75. The van der Waals surface area contributed by atoms with Gasteiger partial charge in [-0.05, 0) is 0 Å². The fraction of sp³-hybridized carbons (Fsp3) is 0.300. The average Bonchev–Trinajstić information content (AvgIpc) is 2.26. The maximum atomic E-state index is 12.0. The van der Waals surface area contributed by atoms with Crippen LogP contribution < -0.4 is 5.32 Å². The number of anilines is 1. The summed E-state index contributed by atoms with van der Waals surface area (Å²) in [7, 11) is 0. The number of carbonyl (C=O) groups excluding carboxylic acids is 1. The number of nitrogens with zero attached hydrogens (tertiary/aromatic N) is 2. The van der Waals surface area contributed by atoms with E-state index in [2.05, 4.69) is 21.8 Å². The summed E-state index contributed by atoms with van der Waals surface area (Å²) < 4.78 is 36.1. The molecule has 0 spiro atoms. The molecule has 1 aromatic rings. The second-order valence-corrected chi connectivity index (χ2v) is 2.89. The van der Waals surface area contributed by atoms with Crippen LogP contribution in [0.4, 0.5) is 19.0 Å². The molecule has 1 N–H and O–H groups in total. The zero-order valence-electron chi connectivity index (χ0n) is 8.80. The van der Waals surface area contributed by atoms with Gasteiger partial charge in [-0.15, -0.1) is 0 Å².